The SMILES string of the molecule is O=C(C[C@H]1CCCN(C(=O)Cn2ccc(C(F)(F)F)n2)C1)NCCn1ccnc1. The number of imidazole rings is 1. The molecule has 1 atom stereocenters. The average molecular weight is 412 g/mol. The van der Waals surface area contributed by atoms with Crippen LogP contribution in [0, 0.1) is 5.92 Å². The molecule has 158 valence electrons. The predicted octanol–water partition coefficient (Wildman–Crippen LogP) is 1.54. The van der Waals surface area contributed by atoms with E-state index in [1.165, 1.54) is 0 Å². The molecule has 0 saturated carbocycles. The number of likely N-dealkylation sites (tertiary alicyclic amines) is 1. The Labute approximate surface area is 165 Å². The summed E-state index contributed by atoms with van der Waals surface area (Å²) in [5.74, 6) is -0.345. The molecule has 0 aliphatic carbocycles. The van der Waals surface area contributed by atoms with Gasteiger partial charge in [0.15, 0.2) is 5.69 Å². The van der Waals surface area contributed by atoms with Gasteiger partial charge in [0.05, 0.1) is 6.33 Å². The van der Waals surface area contributed by atoms with Gasteiger partial charge in [-0.05, 0) is 24.8 Å². The Bertz CT molecular complexity index is 818. The summed E-state index contributed by atoms with van der Waals surface area (Å²) >= 11 is 0. The van der Waals surface area contributed by atoms with Crippen molar-refractivity contribution >= 4 is 11.8 Å². The summed E-state index contributed by atoms with van der Waals surface area (Å²) in [6.45, 7) is 1.82. The minimum atomic E-state index is -4.53. The maximum absolute atomic E-state index is 12.6. The van der Waals surface area contributed by atoms with E-state index in [-0.39, 0.29) is 24.3 Å². The molecular weight excluding hydrogens is 389 g/mol. The minimum absolute atomic E-state index is 0.0318. The van der Waals surface area contributed by atoms with Crippen molar-refractivity contribution in [3.8, 4) is 0 Å². The number of alkyl halides is 3. The Balaban J connectivity index is 1.43. The summed E-state index contributed by atoms with van der Waals surface area (Å²) in [4.78, 5) is 30.1. The molecular formula is C18H23F3N6O2. The van der Waals surface area contributed by atoms with Gasteiger partial charge >= 0.3 is 6.18 Å². The lowest BCUT2D eigenvalue weighted by molar-refractivity contribution is -0.142. The summed E-state index contributed by atoms with van der Waals surface area (Å²) in [7, 11) is 0. The van der Waals surface area contributed by atoms with Gasteiger partial charge in [-0.3, -0.25) is 14.3 Å². The molecule has 29 heavy (non-hydrogen) atoms. The monoisotopic (exact) mass is 412 g/mol. The first-order valence-electron chi connectivity index (χ1n) is 9.42. The molecule has 3 heterocycles. The van der Waals surface area contributed by atoms with Crippen LogP contribution in [0.4, 0.5) is 13.2 Å². The van der Waals surface area contributed by atoms with Gasteiger partial charge in [-0.2, -0.15) is 18.3 Å². The largest absolute Gasteiger partial charge is 0.435 e. The molecule has 0 unspecified atom stereocenters. The molecule has 0 spiro atoms. The average Bonchev–Trinajstić information content (AvgIpc) is 3.33. The maximum atomic E-state index is 12.6. The number of hydrogen-bond acceptors (Lipinski definition) is 4. The summed E-state index contributed by atoms with van der Waals surface area (Å²) in [6, 6.07) is 0.848. The molecule has 3 rings (SSSR count). The van der Waals surface area contributed by atoms with Gasteiger partial charge in [0.25, 0.3) is 0 Å². The number of nitrogens with one attached hydrogen (secondary N) is 1. The van der Waals surface area contributed by atoms with Crippen LogP contribution in [0.15, 0.2) is 31.0 Å². The molecule has 1 aliphatic rings. The quantitative estimate of drug-likeness (QED) is 0.748. The molecule has 11 heteroatoms. The Kier molecular flexibility index (Phi) is 6.55. The van der Waals surface area contributed by atoms with Gasteiger partial charge in [0.1, 0.15) is 6.54 Å². The topological polar surface area (TPSA) is 85.0 Å². The second kappa shape index (κ2) is 9.10. The molecule has 8 nitrogen and oxygen atoms in total. The Hall–Kier alpha value is -2.85. The molecule has 1 aliphatic heterocycles. The standard InChI is InChI=1S/C18H23F3N6O2/c19-18(20,21)15-3-7-27(24-15)12-17(29)26-6-1-2-14(11-26)10-16(28)23-5-9-25-8-4-22-13-25/h3-4,7-8,13-14H,1-2,5-6,9-12H2,(H,23,28)/t14-/m1/s1. The lowest BCUT2D eigenvalue weighted by atomic mass is 9.94. The zero-order valence-corrected chi connectivity index (χ0v) is 15.8. The zero-order valence-electron chi connectivity index (χ0n) is 15.8. The number of amides is 2. The fourth-order valence-electron chi connectivity index (χ4n) is 3.38. The van der Waals surface area contributed by atoms with Crippen molar-refractivity contribution in [2.75, 3.05) is 19.6 Å². The number of rotatable bonds is 7. The first kappa shape index (κ1) is 20.9. The van der Waals surface area contributed by atoms with Gasteiger partial charge in [-0.1, -0.05) is 0 Å². The highest BCUT2D eigenvalue weighted by molar-refractivity contribution is 5.77. The third kappa shape index (κ3) is 6.06. The second-order valence-corrected chi connectivity index (χ2v) is 7.10. The first-order chi connectivity index (χ1) is 13.8. The predicted molar refractivity (Wildman–Crippen MR) is 96.4 cm³/mol. The molecule has 1 N–H and O–H groups in total. The third-order valence-electron chi connectivity index (χ3n) is 4.83. The van der Waals surface area contributed by atoms with Crippen LogP contribution >= 0.6 is 0 Å². The number of carbonyl (C=O) groups excluding carboxylic acids is 2. The van der Waals surface area contributed by atoms with E-state index in [1.807, 2.05) is 10.8 Å². The van der Waals surface area contributed by atoms with E-state index in [1.54, 1.807) is 17.4 Å². The highest BCUT2D eigenvalue weighted by atomic mass is 19.4. The number of aromatic nitrogens is 4. The van der Waals surface area contributed by atoms with E-state index in [0.717, 1.165) is 29.8 Å². The van der Waals surface area contributed by atoms with E-state index in [2.05, 4.69) is 15.4 Å². The summed E-state index contributed by atoms with van der Waals surface area (Å²) in [6.07, 6.45) is 3.67. The molecule has 0 aromatic carbocycles. The fraction of sp³-hybridized carbons (Fsp3) is 0.556. The fourth-order valence-corrected chi connectivity index (χ4v) is 3.38. The van der Waals surface area contributed by atoms with Crippen molar-refractivity contribution in [1.29, 1.82) is 0 Å². The molecule has 2 amide bonds. The van der Waals surface area contributed by atoms with Crippen molar-refractivity contribution in [2.45, 2.75) is 38.5 Å². The van der Waals surface area contributed by atoms with Crippen LogP contribution in [0.1, 0.15) is 25.0 Å². The van der Waals surface area contributed by atoms with E-state index < -0.39 is 11.9 Å². The van der Waals surface area contributed by atoms with Crippen molar-refractivity contribution in [2.24, 2.45) is 5.92 Å². The zero-order chi connectivity index (χ0) is 20.9. The lowest BCUT2D eigenvalue weighted by Crippen LogP contribution is -2.43. The van der Waals surface area contributed by atoms with Crippen LogP contribution in [0.25, 0.3) is 0 Å². The van der Waals surface area contributed by atoms with Gasteiger partial charge in [0.2, 0.25) is 11.8 Å². The molecule has 1 saturated heterocycles. The van der Waals surface area contributed by atoms with Crippen LogP contribution < -0.4 is 5.32 Å². The van der Waals surface area contributed by atoms with Gasteiger partial charge in [-0.25, -0.2) is 4.98 Å². The highest BCUT2D eigenvalue weighted by Gasteiger charge is 2.34. The van der Waals surface area contributed by atoms with Crippen LogP contribution in [0.3, 0.4) is 0 Å². The first-order valence-corrected chi connectivity index (χ1v) is 9.42. The molecule has 0 radical (unpaired) electrons. The number of piperidine rings is 1. The smallest absolute Gasteiger partial charge is 0.354 e. The van der Waals surface area contributed by atoms with E-state index in [4.69, 9.17) is 0 Å². The molecule has 2 aromatic rings. The Morgan fingerprint density at radius 1 is 1.28 bits per heavy atom. The van der Waals surface area contributed by atoms with E-state index >= 15 is 0 Å². The van der Waals surface area contributed by atoms with E-state index in [0.29, 0.717) is 32.6 Å². The molecule has 2 aromatic heterocycles. The molecule has 0 bridgehead atoms. The van der Waals surface area contributed by atoms with Crippen LogP contribution in [-0.4, -0.2) is 55.7 Å². The number of hydrogen-bond donors (Lipinski definition) is 1. The normalized spacial score (nSPS) is 17.3. The summed E-state index contributed by atoms with van der Waals surface area (Å²) < 4.78 is 40.7. The van der Waals surface area contributed by atoms with Gasteiger partial charge in [-0.15, -0.1) is 0 Å². The highest BCUT2D eigenvalue weighted by Crippen LogP contribution is 2.27. The van der Waals surface area contributed by atoms with Gasteiger partial charge < -0.3 is 14.8 Å². The third-order valence-corrected chi connectivity index (χ3v) is 4.83. The van der Waals surface area contributed by atoms with Crippen LogP contribution in [0.5, 0.6) is 0 Å². The summed E-state index contributed by atoms with van der Waals surface area (Å²) in [5, 5.41) is 6.27. The van der Waals surface area contributed by atoms with Gasteiger partial charge in [0, 0.05) is 51.2 Å². The maximum Gasteiger partial charge on any atom is 0.435 e. The minimum Gasteiger partial charge on any atom is -0.354 e. The lowest BCUT2D eigenvalue weighted by Gasteiger charge is -2.32. The van der Waals surface area contributed by atoms with E-state index in [9.17, 15) is 22.8 Å². The van der Waals surface area contributed by atoms with Crippen molar-refractivity contribution in [3.63, 3.8) is 0 Å². The van der Waals surface area contributed by atoms with Crippen molar-refractivity contribution < 1.29 is 22.8 Å². The second-order valence-electron chi connectivity index (χ2n) is 7.10. The van der Waals surface area contributed by atoms with Crippen molar-refractivity contribution in [1.82, 2.24) is 29.5 Å². The van der Waals surface area contributed by atoms with Crippen LogP contribution in [0.2, 0.25) is 0 Å². The number of nitrogens with zero attached hydrogens (tertiary/aromatic N) is 5. The molecule has 1 fully saturated rings. The number of halogens is 3. The van der Waals surface area contributed by atoms with Crippen molar-refractivity contribution in [3.05, 3.63) is 36.7 Å². The summed E-state index contributed by atoms with van der Waals surface area (Å²) in [5.41, 5.74) is -1.02. The van der Waals surface area contributed by atoms with Crippen LogP contribution in [-0.2, 0) is 28.9 Å². The number of carbonyl (C=O) groups is 2. The Morgan fingerprint density at radius 3 is 2.79 bits per heavy atom. The Morgan fingerprint density at radius 2 is 2.10 bits per heavy atom.